The van der Waals surface area contributed by atoms with Crippen molar-refractivity contribution in [2.45, 2.75) is 12.3 Å². The van der Waals surface area contributed by atoms with Crippen LogP contribution in [0.25, 0.3) is 11.1 Å². The monoisotopic (exact) mass is 399 g/mol. The van der Waals surface area contributed by atoms with Crippen molar-refractivity contribution in [1.29, 1.82) is 0 Å². The predicted octanol–water partition coefficient (Wildman–Crippen LogP) is 4.36. The highest BCUT2D eigenvalue weighted by atomic mass is 127. The summed E-state index contributed by atoms with van der Waals surface area (Å²) in [5, 5.41) is -0.272. The van der Waals surface area contributed by atoms with Crippen LogP contribution in [-0.2, 0) is 0 Å². The van der Waals surface area contributed by atoms with Crippen LogP contribution in [0.5, 0.6) is 0 Å². The van der Waals surface area contributed by atoms with Crippen molar-refractivity contribution >= 4 is 45.3 Å². The van der Waals surface area contributed by atoms with Gasteiger partial charge in [-0.1, -0.05) is 24.3 Å². The lowest BCUT2D eigenvalue weighted by Gasteiger charge is -2.13. The summed E-state index contributed by atoms with van der Waals surface area (Å²) >= 11 is 8.89. The topological polar surface area (TPSA) is 46.0 Å². The molecule has 0 saturated heterocycles. The molecule has 1 unspecified atom stereocenters. The van der Waals surface area contributed by atoms with E-state index >= 15 is 0 Å². The van der Waals surface area contributed by atoms with E-state index in [-0.39, 0.29) is 5.38 Å². The van der Waals surface area contributed by atoms with Crippen LogP contribution in [0, 0.1) is 10.5 Å². The lowest BCUT2D eigenvalue weighted by Crippen LogP contribution is -1.97. The Kier molecular flexibility index (Phi) is 3.60. The van der Waals surface area contributed by atoms with Gasteiger partial charge in [0.25, 0.3) is 0 Å². The second-order valence-electron chi connectivity index (χ2n) is 4.61. The van der Waals surface area contributed by atoms with Gasteiger partial charge in [0.2, 0.25) is 0 Å². The normalized spacial score (nSPS) is 12.8. The Hall–Kier alpha value is -1.27. The highest BCUT2D eigenvalue weighted by Gasteiger charge is 2.16. The molecular weight excluding hydrogens is 389 g/mol. The van der Waals surface area contributed by atoms with Crippen LogP contribution in [0.15, 0.2) is 45.6 Å². The first kappa shape index (κ1) is 13.7. The van der Waals surface area contributed by atoms with Gasteiger partial charge in [0, 0.05) is 3.57 Å². The molecule has 0 amide bonds. The molecule has 0 fully saturated rings. The number of aromatic nitrogens is 1. The largest absolute Gasteiger partial charge is 0.417 e. The van der Waals surface area contributed by atoms with E-state index in [0.717, 1.165) is 14.7 Å². The molecule has 0 aliphatic heterocycles. The van der Waals surface area contributed by atoms with Crippen molar-refractivity contribution in [2.24, 2.45) is 0 Å². The van der Waals surface area contributed by atoms with Gasteiger partial charge >= 0.3 is 5.76 Å². The fraction of sp³-hybridized carbons (Fsp3) is 0.133. The number of hydrogen-bond donors (Lipinski definition) is 1. The van der Waals surface area contributed by atoms with Crippen molar-refractivity contribution in [2.75, 3.05) is 0 Å². The Bertz CT molecular complexity index is 837. The lowest BCUT2D eigenvalue weighted by atomic mass is 10.0. The molecule has 0 spiro atoms. The summed E-state index contributed by atoms with van der Waals surface area (Å²) in [6.07, 6.45) is 0. The second-order valence-corrected chi connectivity index (χ2v) is 6.13. The first-order valence-corrected chi connectivity index (χ1v) is 7.59. The first-order chi connectivity index (χ1) is 9.56. The van der Waals surface area contributed by atoms with Gasteiger partial charge in [-0.2, -0.15) is 0 Å². The number of fused-ring (bicyclic) bond motifs is 1. The second kappa shape index (κ2) is 5.26. The highest BCUT2D eigenvalue weighted by Crippen LogP contribution is 2.34. The van der Waals surface area contributed by atoms with E-state index in [1.807, 2.05) is 30.3 Å². The number of halogens is 2. The van der Waals surface area contributed by atoms with Crippen molar-refractivity contribution in [3.63, 3.8) is 0 Å². The number of alkyl halides is 1. The molecule has 1 aromatic heterocycles. The van der Waals surface area contributed by atoms with Crippen LogP contribution >= 0.6 is 34.2 Å². The van der Waals surface area contributed by atoms with Gasteiger partial charge in [0.15, 0.2) is 5.58 Å². The summed E-state index contributed by atoms with van der Waals surface area (Å²) in [5.74, 6) is -0.451. The number of H-pyrrole nitrogens is 1. The fourth-order valence-corrected chi connectivity index (χ4v) is 3.34. The molecule has 1 atom stereocenters. The maximum absolute atomic E-state index is 11.2. The molecule has 3 nitrogen and oxygen atoms in total. The number of rotatable bonds is 2. The Labute approximate surface area is 134 Å². The van der Waals surface area contributed by atoms with E-state index in [9.17, 15) is 4.79 Å². The minimum Gasteiger partial charge on any atom is -0.408 e. The van der Waals surface area contributed by atoms with Crippen molar-refractivity contribution in [3.05, 3.63) is 67.2 Å². The number of aromatic amines is 1. The molecule has 0 bridgehead atoms. The third kappa shape index (κ3) is 2.38. The smallest absolute Gasteiger partial charge is 0.408 e. The van der Waals surface area contributed by atoms with Gasteiger partial charge < -0.3 is 4.42 Å². The molecule has 2 aromatic carbocycles. The average Bonchev–Trinajstić information content (AvgIpc) is 2.80. The number of hydrogen-bond acceptors (Lipinski definition) is 2. The molecule has 3 rings (SSSR count). The Balaban J connectivity index is 2.09. The highest BCUT2D eigenvalue weighted by molar-refractivity contribution is 14.1. The summed E-state index contributed by atoms with van der Waals surface area (Å²) in [5.41, 5.74) is 4.38. The Morgan fingerprint density at radius 3 is 2.90 bits per heavy atom. The minimum atomic E-state index is -0.451. The molecule has 3 aromatic rings. The molecule has 5 heteroatoms. The molecule has 1 heterocycles. The van der Waals surface area contributed by atoms with E-state index < -0.39 is 5.76 Å². The first-order valence-electron chi connectivity index (χ1n) is 6.08. The molecule has 0 radical (unpaired) electrons. The van der Waals surface area contributed by atoms with Crippen LogP contribution < -0.4 is 5.76 Å². The maximum Gasteiger partial charge on any atom is 0.417 e. The van der Waals surface area contributed by atoms with E-state index in [2.05, 4.69) is 40.6 Å². The summed E-state index contributed by atoms with van der Waals surface area (Å²) in [4.78, 5) is 13.8. The van der Waals surface area contributed by atoms with Crippen molar-refractivity contribution in [1.82, 2.24) is 4.98 Å². The van der Waals surface area contributed by atoms with Gasteiger partial charge in [-0.3, -0.25) is 4.98 Å². The van der Waals surface area contributed by atoms with Crippen LogP contribution in [-0.4, -0.2) is 4.98 Å². The van der Waals surface area contributed by atoms with Crippen LogP contribution in [0.1, 0.15) is 22.1 Å². The molecule has 102 valence electrons. The Morgan fingerprint density at radius 2 is 2.10 bits per heavy atom. The SMILES string of the molecule is Cc1cccc(C(Cl)c2ccc3[nH]c(=O)oc3c2)c1I. The van der Waals surface area contributed by atoms with Crippen molar-refractivity contribution in [3.8, 4) is 0 Å². The maximum atomic E-state index is 11.2. The number of nitrogens with one attached hydrogen (secondary N) is 1. The minimum absolute atomic E-state index is 0.272. The molecular formula is C15H11ClINO2. The van der Waals surface area contributed by atoms with E-state index in [0.29, 0.717) is 11.1 Å². The Morgan fingerprint density at radius 1 is 1.30 bits per heavy atom. The van der Waals surface area contributed by atoms with Crippen LogP contribution in [0.3, 0.4) is 0 Å². The zero-order valence-corrected chi connectivity index (χ0v) is 13.5. The summed E-state index contributed by atoms with van der Waals surface area (Å²) in [7, 11) is 0. The summed E-state index contributed by atoms with van der Waals surface area (Å²) in [6.45, 7) is 2.06. The molecule has 0 aliphatic rings. The van der Waals surface area contributed by atoms with Gasteiger partial charge in [0.1, 0.15) is 0 Å². The number of oxazole rings is 1. The third-order valence-corrected chi connectivity index (χ3v) is 5.19. The van der Waals surface area contributed by atoms with E-state index in [1.54, 1.807) is 0 Å². The van der Waals surface area contributed by atoms with Gasteiger partial charge in [-0.05, 0) is 58.3 Å². The third-order valence-electron chi connectivity index (χ3n) is 3.23. The molecule has 1 N–H and O–H groups in total. The standard InChI is InChI=1S/C15H11ClINO2/c1-8-3-2-4-10(14(8)17)13(16)9-5-6-11-12(7-9)20-15(19)18-11/h2-7,13H,1H3,(H,18,19). The average molecular weight is 400 g/mol. The zero-order chi connectivity index (χ0) is 14.3. The quantitative estimate of drug-likeness (QED) is 0.514. The molecule has 0 aliphatic carbocycles. The summed E-state index contributed by atoms with van der Waals surface area (Å²) in [6, 6.07) is 11.6. The molecule has 0 saturated carbocycles. The van der Waals surface area contributed by atoms with Gasteiger partial charge in [0.05, 0.1) is 10.9 Å². The number of aryl methyl sites for hydroxylation is 1. The fourth-order valence-electron chi connectivity index (χ4n) is 2.17. The van der Waals surface area contributed by atoms with Gasteiger partial charge in [-0.15, -0.1) is 11.6 Å². The summed E-state index contributed by atoms with van der Waals surface area (Å²) < 4.78 is 6.23. The zero-order valence-electron chi connectivity index (χ0n) is 10.6. The molecule has 20 heavy (non-hydrogen) atoms. The van der Waals surface area contributed by atoms with Crippen molar-refractivity contribution < 1.29 is 4.42 Å². The van der Waals surface area contributed by atoms with Gasteiger partial charge in [-0.25, -0.2) is 4.79 Å². The van der Waals surface area contributed by atoms with E-state index in [4.69, 9.17) is 16.0 Å². The van der Waals surface area contributed by atoms with Crippen LogP contribution in [0.2, 0.25) is 0 Å². The number of benzene rings is 2. The lowest BCUT2D eigenvalue weighted by molar-refractivity contribution is 0.555. The van der Waals surface area contributed by atoms with E-state index in [1.165, 1.54) is 5.56 Å². The van der Waals surface area contributed by atoms with Crippen LogP contribution in [0.4, 0.5) is 0 Å². The predicted molar refractivity (Wildman–Crippen MR) is 88.4 cm³/mol.